The SMILES string of the molecule is CC.CC.CC.CC.CC.CC.CC.CC.CC.CC.CC(=O)O.CC(C)=O.CC(C)=O.CN.CN.CN1CCNC1=O.CNC.[B].[B].[B].[B].[CH3-].[CH3-].[CH3-].[CH3-].[CH3-].[CH3-].[CH3-].[CH3-].[U+2].[U+2].[U+2].[U+2]. The van der Waals surface area contributed by atoms with Crippen molar-refractivity contribution < 1.29 is 149 Å². The van der Waals surface area contributed by atoms with Gasteiger partial charge in [0.2, 0.25) is 0 Å². The van der Waals surface area contributed by atoms with Crippen LogP contribution < -0.4 is 22.1 Å². The molecule has 0 saturated carbocycles. The van der Waals surface area contributed by atoms with Gasteiger partial charge in [0.1, 0.15) is 11.6 Å². The van der Waals surface area contributed by atoms with Gasteiger partial charge in [-0.2, -0.15) is 0 Å². The summed E-state index contributed by atoms with van der Waals surface area (Å²) in [5.41, 5.74) is 9.00. The number of nitrogens with zero attached hydrogens (tertiary/aromatic N) is 1. The number of aliphatic carboxylic acids is 1. The first-order chi connectivity index (χ1) is 21.9. The van der Waals surface area contributed by atoms with Crippen LogP contribution in [0.5, 0.6) is 0 Å². The molecule has 0 aliphatic carbocycles. The molecule has 1 rings (SSSR count). The number of nitrogens with one attached hydrogen (secondary N) is 2. The van der Waals surface area contributed by atoms with E-state index in [9.17, 15) is 14.4 Å². The topological polar surface area (TPSA) is 168 Å². The Hall–Kier alpha value is 2.43. The molecule has 7 N–H and O–H groups in total. The molecule has 0 unspecified atom stereocenters. The van der Waals surface area contributed by atoms with E-state index < -0.39 is 5.97 Å². The van der Waals surface area contributed by atoms with Gasteiger partial charge in [-0.15, -0.1) is 0 Å². The van der Waals surface area contributed by atoms with Gasteiger partial charge in [-0.3, -0.25) is 4.79 Å². The van der Waals surface area contributed by atoms with Crippen LogP contribution in [0.4, 0.5) is 4.79 Å². The first-order valence-electron chi connectivity index (χ1n) is 17.8. The van der Waals surface area contributed by atoms with Crippen LogP contribution in [-0.4, -0.2) is 116 Å². The number of likely N-dealkylation sites (N-methyl/N-ethyl adjacent to an activating group) is 1. The maximum atomic E-state index is 10.4. The molecule has 1 heterocycles. The van der Waals surface area contributed by atoms with Crippen molar-refractivity contribution >= 4 is 57.2 Å². The Labute approximate surface area is 507 Å². The predicted octanol–water partition coefficient (Wildman–Crippen LogP) is 12.2. The fourth-order valence-corrected chi connectivity index (χ4v) is 0.567. The van der Waals surface area contributed by atoms with Crippen LogP contribution in [0.2, 0.25) is 0 Å². The van der Waals surface area contributed by atoms with Gasteiger partial charge in [-0.05, 0) is 55.9 Å². The van der Waals surface area contributed by atoms with E-state index in [0.29, 0.717) is 0 Å². The summed E-state index contributed by atoms with van der Waals surface area (Å²) in [4.78, 5) is 39.9. The number of nitrogens with two attached hydrogens (primary N) is 2. The zero-order valence-electron chi connectivity index (χ0n) is 50.4. The molecule has 0 aromatic carbocycles. The predicted molar refractivity (Wildman–Crippen MR) is 295 cm³/mol. The van der Waals surface area contributed by atoms with Crippen molar-refractivity contribution in [2.45, 2.75) is 173 Å². The summed E-state index contributed by atoms with van der Waals surface area (Å²) in [5, 5.41) is 12.8. The van der Waals surface area contributed by atoms with Crippen molar-refractivity contribution in [3.8, 4) is 0 Å². The number of hydrogen-bond donors (Lipinski definition) is 5. The van der Waals surface area contributed by atoms with Crippen molar-refractivity contribution in [1.29, 1.82) is 0 Å². The van der Waals surface area contributed by atoms with Crippen LogP contribution in [0.15, 0.2) is 0 Å². The van der Waals surface area contributed by atoms with E-state index in [1.54, 1.807) is 11.9 Å². The summed E-state index contributed by atoms with van der Waals surface area (Å²) < 4.78 is 0. The van der Waals surface area contributed by atoms with E-state index >= 15 is 0 Å². The van der Waals surface area contributed by atoms with Crippen molar-refractivity contribution in [3.63, 3.8) is 0 Å². The van der Waals surface area contributed by atoms with Crippen molar-refractivity contribution in [2.75, 3.05) is 48.3 Å². The third kappa shape index (κ3) is 1530. The number of Topliss-reactive ketones (excluding diaryl/α,β-unsaturated/α-hetero) is 2. The molecule has 0 spiro atoms. The molecular weight excluding hydrogens is 1670 g/mol. The number of carboxylic acids is 1. The van der Waals surface area contributed by atoms with Gasteiger partial charge >= 0.3 is 130 Å². The molecule has 384 valence electrons. The van der Waals surface area contributed by atoms with Crippen LogP contribution in [0.25, 0.3) is 0 Å². The van der Waals surface area contributed by atoms with E-state index in [1.165, 1.54) is 41.8 Å². The Morgan fingerprint density at radius 2 is 0.548 bits per heavy atom. The second-order valence-electron chi connectivity index (χ2n) is 4.49. The molecule has 1 saturated heterocycles. The molecule has 2 amide bonds. The summed E-state index contributed by atoms with van der Waals surface area (Å²) >= 11 is 0. The zero-order valence-corrected chi connectivity index (χ0v) is 67.1. The molecule has 0 atom stereocenters. The summed E-state index contributed by atoms with van der Waals surface area (Å²) in [7, 11) is 8.53. The fourth-order valence-electron chi connectivity index (χ4n) is 0.567. The Bertz CT molecular complexity index is 340. The first-order valence-corrected chi connectivity index (χ1v) is 17.8. The Morgan fingerprint density at radius 1 is 0.468 bits per heavy atom. The van der Waals surface area contributed by atoms with E-state index in [4.69, 9.17) is 9.90 Å². The van der Waals surface area contributed by atoms with Crippen LogP contribution >= 0.6 is 0 Å². The molecule has 0 bridgehead atoms. The van der Waals surface area contributed by atoms with Crippen LogP contribution in [0, 0.1) is 184 Å². The van der Waals surface area contributed by atoms with Crippen LogP contribution in [0.1, 0.15) is 173 Å². The molecule has 18 heteroatoms. The zero-order chi connectivity index (χ0) is 42.7. The monoisotopic (exact) mass is 1800 g/mol. The number of carboxylic acid groups (broad SMARTS) is 1. The summed E-state index contributed by atoms with van der Waals surface area (Å²) in [5.74, 6) is -0.500. The smallest absolute Gasteiger partial charge is 0.481 e. The molecule has 1 fully saturated rings. The molecule has 0 aromatic rings. The number of carbonyl (C=O) groups excluding carboxylic acids is 3. The summed E-state index contributed by atoms with van der Waals surface area (Å²) in [6.07, 6.45) is 0. The largest absolute Gasteiger partial charge is 2.00 e. The van der Waals surface area contributed by atoms with Gasteiger partial charge in [0.15, 0.2) is 0 Å². The Balaban J connectivity index is -0.00000000516. The van der Waals surface area contributed by atoms with Crippen LogP contribution in [-0.2, 0) is 14.4 Å². The molecule has 62 heavy (non-hydrogen) atoms. The van der Waals surface area contributed by atoms with Gasteiger partial charge in [0.25, 0.3) is 5.97 Å². The normalized spacial score (nSPS) is 4.97. The minimum atomic E-state index is -0.833. The maximum absolute atomic E-state index is 10.4. The molecule has 1 aliphatic rings. The average Bonchev–Trinajstić information content (AvgIpc) is 3.49. The van der Waals surface area contributed by atoms with Crippen molar-refractivity contribution in [1.82, 2.24) is 15.5 Å². The quantitative estimate of drug-likeness (QED) is 0.118. The molecule has 12 radical (unpaired) electrons. The minimum Gasteiger partial charge on any atom is -0.481 e. The number of carbonyl (C=O) groups is 4. The van der Waals surface area contributed by atoms with Gasteiger partial charge in [-0.1, -0.05) is 138 Å². The number of rotatable bonds is 0. The Morgan fingerprint density at radius 3 is 0.565 bits per heavy atom. The second-order valence-corrected chi connectivity index (χ2v) is 4.49. The van der Waals surface area contributed by atoms with Crippen molar-refractivity contribution in [3.05, 3.63) is 59.4 Å². The Kier molecular flexibility index (Phi) is 2140. The average molecular weight is 1800 g/mol. The molecule has 0 aromatic heterocycles. The van der Waals surface area contributed by atoms with E-state index in [-0.39, 0.29) is 235 Å². The van der Waals surface area contributed by atoms with Crippen molar-refractivity contribution in [2.24, 2.45) is 11.5 Å². The van der Waals surface area contributed by atoms with Gasteiger partial charge in [0, 0.05) is 60.7 Å². The van der Waals surface area contributed by atoms with E-state index in [1.807, 2.05) is 153 Å². The fraction of sp³-hybridized carbons (Fsp3) is 0.727. The van der Waals surface area contributed by atoms with Gasteiger partial charge in [0.05, 0.1) is 0 Å². The third-order valence-corrected chi connectivity index (χ3v) is 1.07. The number of amides is 2. The summed E-state index contributed by atoms with van der Waals surface area (Å²) in [6.45, 7) is 48.8. The molecular formula is C44H125B4N5O5U4. The van der Waals surface area contributed by atoms with Gasteiger partial charge < -0.3 is 101 Å². The number of ketones is 2. The van der Waals surface area contributed by atoms with E-state index in [2.05, 4.69) is 22.1 Å². The van der Waals surface area contributed by atoms with Crippen LogP contribution in [0.3, 0.4) is 0 Å². The minimum absolute atomic E-state index is 0. The van der Waals surface area contributed by atoms with Gasteiger partial charge in [-0.25, -0.2) is 4.79 Å². The van der Waals surface area contributed by atoms with E-state index in [0.717, 1.165) is 20.0 Å². The first kappa shape index (κ1) is 246. The standard InChI is InChI=1S/C4H8N2O.2C3H6O.C2H7N.C2H4O2.10C2H6.2CH5N.8CH3.4B.4U/c1-6-3-2-5-4(6)7;2*1-3(2)4;1-3-2;1-2(3)4;12*1-2;;;;;;;;;;;;;;;;/h2-3H2,1H3,(H,5,7);2*1-2H3;3H,1-2H3;1H3,(H,3,4);10*1-2H3;2*2H2,1H3;8*1H3;;;;;;;;/q;;;;;;;;;;;;;;;;;8*-1;;;;;4*+2. The number of hydrogen-bond acceptors (Lipinski definition) is 7. The number of urea groups is 1. The maximum Gasteiger partial charge on any atom is 2.00 e. The third-order valence-electron chi connectivity index (χ3n) is 1.07. The molecule has 1 aliphatic heterocycles. The summed E-state index contributed by atoms with van der Waals surface area (Å²) in [6, 6.07) is 0.0417. The molecule has 10 nitrogen and oxygen atoms in total. The second kappa shape index (κ2) is 538.